The Balaban J connectivity index is 0.000000553. The van der Waals surface area contributed by atoms with Gasteiger partial charge >= 0.3 is 18.1 Å². The summed E-state index contributed by atoms with van der Waals surface area (Å²) >= 11 is 1.39. The van der Waals surface area contributed by atoms with Crippen LogP contribution in [0.4, 0.5) is 13.2 Å². The first kappa shape index (κ1) is 25.7. The van der Waals surface area contributed by atoms with Crippen LogP contribution < -0.4 is 5.32 Å². The first-order valence-electron chi connectivity index (χ1n) is 9.10. The van der Waals surface area contributed by atoms with Crippen molar-refractivity contribution in [2.24, 2.45) is 0 Å². The van der Waals surface area contributed by atoms with Gasteiger partial charge in [0.1, 0.15) is 0 Å². The molecular weight excluding hydrogens is 427 g/mol. The van der Waals surface area contributed by atoms with Gasteiger partial charge in [0.15, 0.2) is 5.12 Å². The molecule has 1 aliphatic heterocycles. The van der Waals surface area contributed by atoms with Gasteiger partial charge in [0.25, 0.3) is 0 Å². The smallest absolute Gasteiger partial charge is 0.475 e. The van der Waals surface area contributed by atoms with Crippen LogP contribution in [-0.2, 0) is 25.7 Å². The highest BCUT2D eigenvalue weighted by molar-refractivity contribution is 8.14. The Hall–Kier alpha value is -2.34. The standard InChI is InChI=1S/C16H23N3O3S.C2HF3O2/c1-3-22-16(21)6-9-19-8-5-14(18-19)10-13-11-17-7-4-15(13)23-12(2)20;3-2(4,5)1(6)7/h5,8,10,15,17H,3-4,6-7,9,11H2,1-2H3;(H,6,7)/t15-;/m0./s1. The number of thioether (sulfide) groups is 1. The summed E-state index contributed by atoms with van der Waals surface area (Å²) in [5.74, 6) is -2.97. The lowest BCUT2D eigenvalue weighted by Gasteiger charge is -2.24. The van der Waals surface area contributed by atoms with Crippen molar-refractivity contribution in [3.63, 3.8) is 0 Å². The number of aryl methyl sites for hydroxylation is 1. The van der Waals surface area contributed by atoms with Crippen molar-refractivity contribution >= 4 is 34.9 Å². The van der Waals surface area contributed by atoms with Gasteiger partial charge in [0, 0.05) is 24.9 Å². The van der Waals surface area contributed by atoms with Crippen molar-refractivity contribution in [3.05, 3.63) is 23.5 Å². The summed E-state index contributed by atoms with van der Waals surface area (Å²) in [6, 6.07) is 1.92. The number of carboxylic acid groups (broad SMARTS) is 1. The number of hydrogen-bond acceptors (Lipinski definition) is 7. The molecule has 0 aromatic carbocycles. The van der Waals surface area contributed by atoms with Crippen LogP contribution in [0.3, 0.4) is 0 Å². The molecule has 1 aliphatic rings. The number of esters is 1. The number of carbonyl (C=O) groups excluding carboxylic acids is 2. The topological polar surface area (TPSA) is 111 Å². The van der Waals surface area contributed by atoms with Crippen LogP contribution >= 0.6 is 11.8 Å². The zero-order valence-corrected chi connectivity index (χ0v) is 17.4. The number of aliphatic carboxylic acids is 1. The maximum Gasteiger partial charge on any atom is 0.490 e. The van der Waals surface area contributed by atoms with E-state index in [0.29, 0.717) is 19.6 Å². The van der Waals surface area contributed by atoms with E-state index in [1.807, 2.05) is 18.3 Å². The van der Waals surface area contributed by atoms with Gasteiger partial charge in [0.2, 0.25) is 0 Å². The SMILES string of the molecule is CCOC(=O)CCn1ccc(C=C2CNCC[C@@H]2SC(C)=O)n1.O=C(O)C(F)(F)F. The lowest BCUT2D eigenvalue weighted by Crippen LogP contribution is -2.32. The molecule has 2 heterocycles. The Kier molecular flexibility index (Phi) is 10.6. The number of aromatic nitrogens is 2. The van der Waals surface area contributed by atoms with Crippen LogP contribution in [0.2, 0.25) is 0 Å². The molecule has 1 aromatic heterocycles. The van der Waals surface area contributed by atoms with Crippen LogP contribution in [0.5, 0.6) is 0 Å². The summed E-state index contributed by atoms with van der Waals surface area (Å²) in [7, 11) is 0. The Bertz CT molecular complexity index is 764. The van der Waals surface area contributed by atoms with E-state index in [9.17, 15) is 22.8 Å². The van der Waals surface area contributed by atoms with Crippen LogP contribution in [-0.4, -0.2) is 63.1 Å². The second kappa shape index (κ2) is 12.4. The predicted molar refractivity (Wildman–Crippen MR) is 105 cm³/mol. The first-order chi connectivity index (χ1) is 14.0. The number of carboxylic acids is 1. The van der Waals surface area contributed by atoms with Gasteiger partial charge in [-0.2, -0.15) is 18.3 Å². The molecule has 168 valence electrons. The monoisotopic (exact) mass is 451 g/mol. The molecule has 0 unspecified atom stereocenters. The van der Waals surface area contributed by atoms with Gasteiger partial charge in [-0.05, 0) is 37.6 Å². The lowest BCUT2D eigenvalue weighted by atomic mass is 10.0. The first-order valence-corrected chi connectivity index (χ1v) is 9.98. The average molecular weight is 451 g/mol. The molecule has 30 heavy (non-hydrogen) atoms. The number of hydrogen-bond donors (Lipinski definition) is 2. The fourth-order valence-electron chi connectivity index (χ4n) is 2.45. The Morgan fingerprint density at radius 1 is 1.43 bits per heavy atom. The average Bonchev–Trinajstić information content (AvgIpc) is 3.09. The Morgan fingerprint density at radius 2 is 2.10 bits per heavy atom. The molecule has 2 N–H and O–H groups in total. The molecule has 0 aliphatic carbocycles. The third kappa shape index (κ3) is 9.92. The summed E-state index contributed by atoms with van der Waals surface area (Å²) in [5, 5.41) is 15.3. The van der Waals surface area contributed by atoms with Crippen molar-refractivity contribution in [3.8, 4) is 0 Å². The minimum atomic E-state index is -5.08. The third-order valence-electron chi connectivity index (χ3n) is 3.72. The van der Waals surface area contributed by atoms with Crippen molar-refractivity contribution in [2.45, 2.75) is 44.7 Å². The quantitative estimate of drug-likeness (QED) is 0.635. The number of carbonyl (C=O) groups is 3. The second-order valence-corrected chi connectivity index (χ2v) is 7.52. The largest absolute Gasteiger partial charge is 0.490 e. The fourth-order valence-corrected chi connectivity index (χ4v) is 3.39. The maximum absolute atomic E-state index is 11.4. The van der Waals surface area contributed by atoms with Gasteiger partial charge in [-0.15, -0.1) is 0 Å². The van der Waals surface area contributed by atoms with Gasteiger partial charge in [-0.3, -0.25) is 14.3 Å². The van der Waals surface area contributed by atoms with Crippen molar-refractivity contribution in [2.75, 3.05) is 19.7 Å². The van der Waals surface area contributed by atoms with Gasteiger partial charge in [-0.25, -0.2) is 4.79 Å². The van der Waals surface area contributed by atoms with Gasteiger partial charge < -0.3 is 15.2 Å². The second-order valence-electron chi connectivity index (χ2n) is 6.14. The highest BCUT2D eigenvalue weighted by Crippen LogP contribution is 2.26. The molecule has 1 saturated heterocycles. The highest BCUT2D eigenvalue weighted by Gasteiger charge is 2.38. The van der Waals surface area contributed by atoms with Crippen LogP contribution in [0.25, 0.3) is 6.08 Å². The molecule has 12 heteroatoms. The van der Waals surface area contributed by atoms with Crippen LogP contribution in [0.1, 0.15) is 32.4 Å². The van der Waals surface area contributed by atoms with E-state index in [2.05, 4.69) is 10.4 Å². The fraction of sp³-hybridized carbons (Fsp3) is 0.556. The van der Waals surface area contributed by atoms with Crippen molar-refractivity contribution in [1.29, 1.82) is 0 Å². The Morgan fingerprint density at radius 3 is 2.67 bits per heavy atom. The molecule has 0 radical (unpaired) electrons. The van der Waals surface area contributed by atoms with E-state index in [1.54, 1.807) is 18.5 Å². The number of halogens is 3. The van der Waals surface area contributed by atoms with E-state index in [0.717, 1.165) is 25.2 Å². The lowest BCUT2D eigenvalue weighted by molar-refractivity contribution is -0.192. The van der Waals surface area contributed by atoms with Crippen molar-refractivity contribution < 1.29 is 37.4 Å². The predicted octanol–water partition coefficient (Wildman–Crippen LogP) is 2.49. The van der Waals surface area contributed by atoms with Crippen LogP contribution in [0, 0.1) is 0 Å². The highest BCUT2D eigenvalue weighted by atomic mass is 32.2. The third-order valence-corrected chi connectivity index (χ3v) is 4.88. The zero-order valence-electron chi connectivity index (χ0n) is 16.6. The molecule has 1 atom stereocenters. The van der Waals surface area contributed by atoms with E-state index >= 15 is 0 Å². The molecule has 0 bridgehead atoms. The molecule has 0 spiro atoms. The van der Waals surface area contributed by atoms with Crippen LogP contribution in [0.15, 0.2) is 17.8 Å². The minimum absolute atomic E-state index is 0.141. The van der Waals surface area contributed by atoms with E-state index in [-0.39, 0.29) is 16.3 Å². The number of piperidine rings is 1. The maximum atomic E-state index is 11.4. The number of ether oxygens (including phenoxy) is 1. The van der Waals surface area contributed by atoms with Gasteiger partial charge in [0.05, 0.1) is 25.3 Å². The molecule has 8 nitrogen and oxygen atoms in total. The number of nitrogens with zero attached hydrogens (tertiary/aromatic N) is 2. The van der Waals surface area contributed by atoms with Crippen molar-refractivity contribution in [1.82, 2.24) is 15.1 Å². The molecule has 1 aromatic rings. The van der Waals surface area contributed by atoms with E-state index < -0.39 is 12.1 Å². The van der Waals surface area contributed by atoms with E-state index in [4.69, 9.17) is 14.6 Å². The molecule has 0 amide bonds. The Labute approximate surface area is 175 Å². The molecular formula is C18H24F3N3O5S. The minimum Gasteiger partial charge on any atom is -0.475 e. The number of alkyl halides is 3. The van der Waals surface area contributed by atoms with Gasteiger partial charge in [-0.1, -0.05) is 11.8 Å². The molecule has 1 fully saturated rings. The zero-order chi connectivity index (χ0) is 22.7. The number of nitrogens with one attached hydrogen (secondary N) is 1. The summed E-state index contributed by atoms with van der Waals surface area (Å²) in [4.78, 5) is 31.6. The molecule has 0 saturated carbocycles. The summed E-state index contributed by atoms with van der Waals surface area (Å²) in [6.45, 7) is 6.01. The summed E-state index contributed by atoms with van der Waals surface area (Å²) < 4.78 is 38.4. The van der Waals surface area contributed by atoms with E-state index in [1.165, 1.54) is 17.3 Å². The number of rotatable bonds is 6. The summed E-state index contributed by atoms with van der Waals surface area (Å²) in [6.07, 6.45) is 0.0676. The normalized spacial score (nSPS) is 17.8. The molecule has 2 rings (SSSR count). The summed E-state index contributed by atoms with van der Waals surface area (Å²) in [5.41, 5.74) is 2.04.